The maximum absolute atomic E-state index is 13.0. The third-order valence-corrected chi connectivity index (χ3v) is 5.84. The number of rotatable bonds is 2. The van der Waals surface area contributed by atoms with Crippen molar-refractivity contribution in [3.05, 3.63) is 29.8 Å². The largest absolute Gasteiger partial charge is 0.377 e. The van der Waals surface area contributed by atoms with Gasteiger partial charge in [0.05, 0.1) is 29.8 Å². The number of fused-ring (bicyclic) bond motifs is 1. The summed E-state index contributed by atoms with van der Waals surface area (Å²) in [6.45, 7) is 6.91. The maximum Gasteiger partial charge on any atom is 0.243 e. The molecule has 0 bridgehead atoms. The van der Waals surface area contributed by atoms with Crippen LogP contribution in [0, 0.1) is 6.92 Å². The molecule has 1 aromatic rings. The molecule has 0 unspecified atom stereocenters. The first-order valence-corrected chi connectivity index (χ1v) is 8.58. The van der Waals surface area contributed by atoms with Crippen LogP contribution in [-0.2, 0) is 19.5 Å². The molecular formula is C15H21NO4S. The molecule has 2 heterocycles. The van der Waals surface area contributed by atoms with E-state index in [1.165, 1.54) is 0 Å². The third-order valence-electron chi connectivity index (χ3n) is 3.97. The molecule has 0 aliphatic carbocycles. The second-order valence-corrected chi connectivity index (χ2v) is 8.28. The Balaban J connectivity index is 2.00. The molecule has 2 atom stereocenters. The summed E-state index contributed by atoms with van der Waals surface area (Å²) in [5, 5.41) is 0. The lowest BCUT2D eigenvalue weighted by molar-refractivity contribution is -0.128. The van der Waals surface area contributed by atoms with Crippen LogP contribution in [0.15, 0.2) is 29.2 Å². The van der Waals surface area contributed by atoms with E-state index in [2.05, 4.69) is 0 Å². The van der Waals surface area contributed by atoms with Crippen LogP contribution in [-0.4, -0.2) is 50.2 Å². The van der Waals surface area contributed by atoms with Crippen molar-refractivity contribution in [1.82, 2.24) is 4.31 Å². The molecule has 3 rings (SSSR count). The van der Waals surface area contributed by atoms with Gasteiger partial charge in [0.2, 0.25) is 10.0 Å². The lowest BCUT2D eigenvalue weighted by atomic mass is 10.0. The van der Waals surface area contributed by atoms with Crippen molar-refractivity contribution in [2.75, 3.05) is 19.8 Å². The molecule has 0 amide bonds. The molecule has 0 saturated carbocycles. The van der Waals surface area contributed by atoms with Crippen molar-refractivity contribution in [1.29, 1.82) is 0 Å². The SMILES string of the molecule is Cc1cccc(S(=O)(=O)N2CC(C)(C)O[C@@H]3COC[C@H]32)c1. The van der Waals surface area contributed by atoms with Gasteiger partial charge in [0, 0.05) is 6.54 Å². The van der Waals surface area contributed by atoms with Crippen LogP contribution >= 0.6 is 0 Å². The van der Waals surface area contributed by atoms with Gasteiger partial charge in [-0.3, -0.25) is 0 Å². The summed E-state index contributed by atoms with van der Waals surface area (Å²) in [4.78, 5) is 0.339. The fourth-order valence-electron chi connectivity index (χ4n) is 3.02. The van der Waals surface area contributed by atoms with Gasteiger partial charge in [0.1, 0.15) is 6.10 Å². The highest BCUT2D eigenvalue weighted by Crippen LogP contribution is 2.33. The smallest absolute Gasteiger partial charge is 0.243 e. The van der Waals surface area contributed by atoms with Gasteiger partial charge >= 0.3 is 0 Å². The highest BCUT2D eigenvalue weighted by molar-refractivity contribution is 7.89. The third kappa shape index (κ3) is 2.73. The van der Waals surface area contributed by atoms with E-state index >= 15 is 0 Å². The Hall–Kier alpha value is -0.950. The van der Waals surface area contributed by atoms with Gasteiger partial charge in [-0.05, 0) is 38.5 Å². The predicted octanol–water partition coefficient (Wildman–Crippen LogP) is 1.56. The van der Waals surface area contributed by atoms with E-state index in [4.69, 9.17) is 9.47 Å². The highest BCUT2D eigenvalue weighted by Gasteiger charge is 2.48. The minimum atomic E-state index is -3.54. The second kappa shape index (κ2) is 5.05. The zero-order chi connectivity index (χ0) is 15.3. The van der Waals surface area contributed by atoms with E-state index in [1.807, 2.05) is 26.8 Å². The van der Waals surface area contributed by atoms with Gasteiger partial charge in [0.25, 0.3) is 0 Å². The highest BCUT2D eigenvalue weighted by atomic mass is 32.2. The van der Waals surface area contributed by atoms with E-state index in [-0.39, 0.29) is 12.1 Å². The van der Waals surface area contributed by atoms with E-state index in [0.29, 0.717) is 24.7 Å². The minimum Gasteiger partial charge on any atom is -0.377 e. The van der Waals surface area contributed by atoms with E-state index in [1.54, 1.807) is 22.5 Å². The van der Waals surface area contributed by atoms with E-state index in [0.717, 1.165) is 5.56 Å². The zero-order valence-corrected chi connectivity index (χ0v) is 13.4. The van der Waals surface area contributed by atoms with Crippen LogP contribution in [0.5, 0.6) is 0 Å². The first-order valence-electron chi connectivity index (χ1n) is 7.14. The van der Waals surface area contributed by atoms with Crippen molar-refractivity contribution in [3.8, 4) is 0 Å². The number of morpholine rings is 1. The first-order chi connectivity index (χ1) is 9.79. The number of hydrogen-bond acceptors (Lipinski definition) is 4. The summed E-state index contributed by atoms with van der Waals surface area (Å²) in [5.74, 6) is 0. The number of sulfonamides is 1. The number of ether oxygens (including phenoxy) is 2. The lowest BCUT2D eigenvalue weighted by Crippen LogP contribution is -2.59. The Morgan fingerprint density at radius 1 is 1.29 bits per heavy atom. The quantitative estimate of drug-likeness (QED) is 0.832. The van der Waals surface area contributed by atoms with Crippen molar-refractivity contribution in [2.45, 2.75) is 43.4 Å². The Kier molecular flexibility index (Phi) is 3.60. The predicted molar refractivity (Wildman–Crippen MR) is 78.6 cm³/mol. The summed E-state index contributed by atoms with van der Waals surface area (Å²) in [6.07, 6.45) is -0.187. The van der Waals surface area contributed by atoms with Crippen molar-refractivity contribution in [3.63, 3.8) is 0 Å². The Morgan fingerprint density at radius 2 is 2.05 bits per heavy atom. The topological polar surface area (TPSA) is 55.8 Å². The van der Waals surface area contributed by atoms with Crippen molar-refractivity contribution >= 4 is 10.0 Å². The van der Waals surface area contributed by atoms with Crippen LogP contribution in [0.1, 0.15) is 19.4 Å². The molecule has 6 heteroatoms. The molecule has 0 N–H and O–H groups in total. The molecule has 0 spiro atoms. The summed E-state index contributed by atoms with van der Waals surface area (Å²) >= 11 is 0. The molecule has 2 aliphatic rings. The fourth-order valence-corrected chi connectivity index (χ4v) is 4.91. The normalized spacial score (nSPS) is 29.3. The van der Waals surface area contributed by atoms with Gasteiger partial charge in [-0.25, -0.2) is 8.42 Å². The number of benzene rings is 1. The molecule has 2 aliphatic heterocycles. The fraction of sp³-hybridized carbons (Fsp3) is 0.600. The second-order valence-electron chi connectivity index (χ2n) is 6.39. The lowest BCUT2D eigenvalue weighted by Gasteiger charge is -2.44. The summed E-state index contributed by atoms with van der Waals surface area (Å²) in [7, 11) is -3.54. The molecule has 5 nitrogen and oxygen atoms in total. The van der Waals surface area contributed by atoms with Gasteiger partial charge < -0.3 is 9.47 Å². The van der Waals surface area contributed by atoms with Gasteiger partial charge in [0.15, 0.2) is 0 Å². The maximum atomic E-state index is 13.0. The molecule has 0 aromatic heterocycles. The average molecular weight is 311 g/mol. The van der Waals surface area contributed by atoms with Gasteiger partial charge in [-0.2, -0.15) is 4.31 Å². The number of nitrogens with zero attached hydrogens (tertiary/aromatic N) is 1. The number of hydrogen-bond donors (Lipinski definition) is 0. The van der Waals surface area contributed by atoms with Crippen LogP contribution in [0.25, 0.3) is 0 Å². The monoisotopic (exact) mass is 311 g/mol. The minimum absolute atomic E-state index is 0.187. The molecule has 2 fully saturated rings. The number of aryl methyl sites for hydroxylation is 1. The van der Waals surface area contributed by atoms with Crippen molar-refractivity contribution < 1.29 is 17.9 Å². The summed E-state index contributed by atoms with van der Waals surface area (Å²) < 4.78 is 38.9. The standard InChI is InChI=1S/C15H21NO4S/c1-11-5-4-6-12(7-11)21(17,18)16-10-15(2,3)20-14-9-19-8-13(14)16/h4-7,13-14H,8-10H2,1-3H3/t13-,14-/m1/s1. The molecule has 0 radical (unpaired) electrons. The first kappa shape index (κ1) is 15.0. The average Bonchev–Trinajstić information content (AvgIpc) is 2.84. The molecule has 1 aromatic carbocycles. The molecule has 2 saturated heterocycles. The van der Waals surface area contributed by atoms with Crippen molar-refractivity contribution in [2.24, 2.45) is 0 Å². The van der Waals surface area contributed by atoms with E-state index in [9.17, 15) is 8.42 Å². The van der Waals surface area contributed by atoms with E-state index < -0.39 is 15.6 Å². The van der Waals surface area contributed by atoms with Gasteiger partial charge in [-0.1, -0.05) is 12.1 Å². The van der Waals surface area contributed by atoms with Crippen LogP contribution in [0.3, 0.4) is 0 Å². The molecule has 21 heavy (non-hydrogen) atoms. The van der Waals surface area contributed by atoms with Gasteiger partial charge in [-0.15, -0.1) is 0 Å². The molecule has 116 valence electrons. The zero-order valence-electron chi connectivity index (χ0n) is 12.6. The summed E-state index contributed by atoms with van der Waals surface area (Å²) in [6, 6.07) is 6.79. The van der Waals surface area contributed by atoms with Crippen LogP contribution < -0.4 is 0 Å². The Morgan fingerprint density at radius 3 is 2.76 bits per heavy atom. The molecular weight excluding hydrogens is 290 g/mol. The summed E-state index contributed by atoms with van der Waals surface area (Å²) in [5.41, 5.74) is 0.425. The Labute approximate surface area is 125 Å². The van der Waals surface area contributed by atoms with Crippen LogP contribution in [0.4, 0.5) is 0 Å². The Bertz CT molecular complexity index is 641. The van der Waals surface area contributed by atoms with Crippen LogP contribution in [0.2, 0.25) is 0 Å².